The summed E-state index contributed by atoms with van der Waals surface area (Å²) in [4.78, 5) is 24.1. The number of nitrogens with zero attached hydrogens (tertiary/aromatic N) is 2. The maximum atomic E-state index is 11.8. The second kappa shape index (κ2) is 5.69. The number of nitro groups is 1. The number of carbonyl (C=O) groups is 1. The molecule has 3 aliphatic heterocycles. The van der Waals surface area contributed by atoms with Crippen LogP contribution in [0.15, 0.2) is 24.3 Å². The molecule has 3 heterocycles. The molecular weight excluding hydrogens is 276 g/mol. The molecule has 0 saturated carbocycles. The van der Waals surface area contributed by atoms with E-state index >= 15 is 0 Å². The van der Waals surface area contributed by atoms with Gasteiger partial charge in [-0.3, -0.25) is 15.0 Å². The summed E-state index contributed by atoms with van der Waals surface area (Å²) in [7, 11) is 0. The van der Waals surface area contributed by atoms with Gasteiger partial charge in [0.2, 0.25) is 0 Å². The Morgan fingerprint density at radius 3 is 2.43 bits per heavy atom. The first-order chi connectivity index (χ1) is 10.1. The van der Waals surface area contributed by atoms with Crippen molar-refractivity contribution in [1.29, 1.82) is 0 Å². The van der Waals surface area contributed by atoms with Gasteiger partial charge in [0.15, 0.2) is 0 Å². The molecule has 3 saturated heterocycles. The molecular formula is C14H16N2O5. The lowest BCUT2D eigenvalue weighted by molar-refractivity contribution is -0.384. The highest BCUT2D eigenvalue weighted by molar-refractivity contribution is 5.64. The summed E-state index contributed by atoms with van der Waals surface area (Å²) in [6, 6.07) is 5.35. The van der Waals surface area contributed by atoms with Gasteiger partial charge in [0, 0.05) is 18.7 Å². The fraction of sp³-hybridized carbons (Fsp3) is 0.500. The first-order valence-corrected chi connectivity index (χ1v) is 6.97. The van der Waals surface area contributed by atoms with Crippen molar-refractivity contribution in [2.75, 3.05) is 19.6 Å². The highest BCUT2D eigenvalue weighted by atomic mass is 16.7. The van der Waals surface area contributed by atoms with Gasteiger partial charge in [0.25, 0.3) is 5.69 Å². The van der Waals surface area contributed by atoms with Crippen LogP contribution in [0.1, 0.15) is 12.8 Å². The summed E-state index contributed by atoms with van der Waals surface area (Å²) in [6.07, 6.45) is 1.24. The second-order valence-electron chi connectivity index (χ2n) is 5.40. The van der Waals surface area contributed by atoms with Crippen molar-refractivity contribution in [3.63, 3.8) is 0 Å². The van der Waals surface area contributed by atoms with Crippen LogP contribution in [0.3, 0.4) is 0 Å². The molecule has 0 N–H and O–H groups in total. The highest BCUT2D eigenvalue weighted by Crippen LogP contribution is 2.30. The predicted octanol–water partition coefficient (Wildman–Crippen LogP) is 2.20. The molecule has 4 rings (SSSR count). The lowest BCUT2D eigenvalue weighted by atomic mass is 9.86. The molecule has 0 radical (unpaired) electrons. The number of fused-ring (bicyclic) bond motifs is 3. The van der Waals surface area contributed by atoms with Crippen molar-refractivity contribution in [2.45, 2.75) is 18.9 Å². The Bertz CT molecular complexity index is 537. The van der Waals surface area contributed by atoms with E-state index in [0.717, 1.165) is 32.5 Å². The fourth-order valence-electron chi connectivity index (χ4n) is 2.92. The average Bonchev–Trinajstić information content (AvgIpc) is 2.49. The molecule has 0 unspecified atom stereocenters. The molecule has 0 aliphatic carbocycles. The first-order valence-electron chi connectivity index (χ1n) is 6.97. The number of carbonyl (C=O) groups excluding carboxylic acids is 1. The van der Waals surface area contributed by atoms with E-state index in [9.17, 15) is 14.9 Å². The third-order valence-corrected chi connectivity index (χ3v) is 4.09. The molecule has 0 amide bonds. The lowest BCUT2D eigenvalue weighted by Crippen LogP contribution is -2.52. The molecule has 7 nitrogen and oxygen atoms in total. The fourth-order valence-corrected chi connectivity index (χ4v) is 2.92. The Morgan fingerprint density at radius 2 is 1.90 bits per heavy atom. The Labute approximate surface area is 121 Å². The minimum Gasteiger partial charge on any atom is -0.429 e. The van der Waals surface area contributed by atoms with Gasteiger partial charge in [-0.2, -0.15) is 0 Å². The summed E-state index contributed by atoms with van der Waals surface area (Å²) in [5.41, 5.74) is -0.0480. The van der Waals surface area contributed by atoms with Crippen molar-refractivity contribution < 1.29 is 19.2 Å². The molecule has 3 fully saturated rings. The molecule has 0 aromatic heterocycles. The van der Waals surface area contributed by atoms with Crippen LogP contribution >= 0.6 is 0 Å². The van der Waals surface area contributed by atoms with Gasteiger partial charge in [-0.05, 0) is 44.0 Å². The van der Waals surface area contributed by atoms with Crippen LogP contribution in [0, 0.1) is 16.0 Å². The van der Waals surface area contributed by atoms with Crippen molar-refractivity contribution in [3.8, 4) is 5.75 Å². The summed E-state index contributed by atoms with van der Waals surface area (Å²) < 4.78 is 10.4. The van der Waals surface area contributed by atoms with E-state index in [0.29, 0.717) is 5.92 Å². The third kappa shape index (κ3) is 3.13. The molecule has 3 aliphatic rings. The molecule has 1 atom stereocenters. The van der Waals surface area contributed by atoms with Crippen molar-refractivity contribution in [2.24, 2.45) is 5.92 Å². The van der Waals surface area contributed by atoms with Crippen LogP contribution in [0.2, 0.25) is 0 Å². The van der Waals surface area contributed by atoms with Crippen molar-refractivity contribution in [3.05, 3.63) is 34.4 Å². The molecule has 7 heteroatoms. The SMILES string of the molecule is O=C(Oc1ccc([N+](=O)[O-])cc1)O[C@H]1CN2CCC1CC2. The molecule has 0 spiro atoms. The van der Waals surface area contributed by atoms with Crippen molar-refractivity contribution in [1.82, 2.24) is 4.90 Å². The smallest absolute Gasteiger partial charge is 0.429 e. The quantitative estimate of drug-likeness (QED) is 0.367. The molecule has 1 aromatic rings. The maximum Gasteiger partial charge on any atom is 0.514 e. The van der Waals surface area contributed by atoms with Gasteiger partial charge in [-0.25, -0.2) is 4.79 Å². The number of piperidine rings is 3. The molecule has 112 valence electrons. The van der Waals surface area contributed by atoms with Crippen LogP contribution < -0.4 is 4.74 Å². The topological polar surface area (TPSA) is 81.9 Å². The van der Waals surface area contributed by atoms with Gasteiger partial charge in [0.1, 0.15) is 11.9 Å². The van der Waals surface area contributed by atoms with E-state index < -0.39 is 11.1 Å². The maximum absolute atomic E-state index is 11.8. The molecule has 21 heavy (non-hydrogen) atoms. The number of benzene rings is 1. The standard InChI is InChI=1S/C14H16N2O5/c17-14(20-12-3-1-11(2-4-12)16(18)19)21-13-9-15-7-5-10(13)6-8-15/h1-4,10,13H,5-9H2/t13-/m0/s1. The number of rotatable bonds is 3. The Morgan fingerprint density at radius 1 is 1.24 bits per heavy atom. The zero-order chi connectivity index (χ0) is 14.8. The summed E-state index contributed by atoms with van der Waals surface area (Å²) in [5, 5.41) is 10.5. The Kier molecular flexibility index (Phi) is 3.74. The number of hydrogen-bond acceptors (Lipinski definition) is 6. The summed E-state index contributed by atoms with van der Waals surface area (Å²) in [6.45, 7) is 2.91. The number of nitro benzene ring substituents is 1. The minimum atomic E-state index is -0.748. The van der Waals surface area contributed by atoms with Crippen LogP contribution in [-0.4, -0.2) is 41.7 Å². The largest absolute Gasteiger partial charge is 0.514 e. The van der Waals surface area contributed by atoms with Gasteiger partial charge >= 0.3 is 6.16 Å². The number of non-ortho nitro benzene ring substituents is 1. The van der Waals surface area contributed by atoms with Crippen LogP contribution in [0.25, 0.3) is 0 Å². The number of ether oxygens (including phenoxy) is 2. The van der Waals surface area contributed by atoms with E-state index in [2.05, 4.69) is 4.90 Å². The second-order valence-corrected chi connectivity index (χ2v) is 5.40. The highest BCUT2D eigenvalue weighted by Gasteiger charge is 2.36. The van der Waals surface area contributed by atoms with Gasteiger partial charge < -0.3 is 9.47 Å². The molecule has 2 bridgehead atoms. The predicted molar refractivity (Wildman–Crippen MR) is 73.2 cm³/mol. The summed E-state index contributed by atoms with van der Waals surface area (Å²) in [5.74, 6) is 0.659. The zero-order valence-electron chi connectivity index (χ0n) is 11.4. The minimum absolute atomic E-state index is 0.0480. The third-order valence-electron chi connectivity index (χ3n) is 4.09. The zero-order valence-corrected chi connectivity index (χ0v) is 11.4. The van der Waals surface area contributed by atoms with E-state index in [-0.39, 0.29) is 17.5 Å². The van der Waals surface area contributed by atoms with E-state index in [4.69, 9.17) is 9.47 Å². The Hall–Kier alpha value is -2.15. The average molecular weight is 292 g/mol. The lowest BCUT2D eigenvalue weighted by Gasteiger charge is -2.43. The normalized spacial score (nSPS) is 27.1. The van der Waals surface area contributed by atoms with Crippen molar-refractivity contribution >= 4 is 11.8 Å². The van der Waals surface area contributed by atoms with Gasteiger partial charge in [-0.1, -0.05) is 0 Å². The summed E-state index contributed by atoms with van der Waals surface area (Å²) >= 11 is 0. The van der Waals surface area contributed by atoms with Crippen LogP contribution in [0.5, 0.6) is 5.75 Å². The van der Waals surface area contributed by atoms with Crippen LogP contribution in [0.4, 0.5) is 10.5 Å². The Balaban J connectivity index is 1.55. The van der Waals surface area contributed by atoms with E-state index in [1.165, 1.54) is 24.3 Å². The molecule has 1 aromatic carbocycles. The van der Waals surface area contributed by atoms with Crippen LogP contribution in [-0.2, 0) is 4.74 Å². The number of hydrogen-bond donors (Lipinski definition) is 0. The van der Waals surface area contributed by atoms with E-state index in [1.807, 2.05) is 0 Å². The van der Waals surface area contributed by atoms with Gasteiger partial charge in [0.05, 0.1) is 4.92 Å². The van der Waals surface area contributed by atoms with E-state index in [1.54, 1.807) is 0 Å². The van der Waals surface area contributed by atoms with Gasteiger partial charge in [-0.15, -0.1) is 0 Å². The first kappa shape index (κ1) is 13.8. The monoisotopic (exact) mass is 292 g/mol.